The van der Waals surface area contributed by atoms with Crippen LogP contribution in [0, 0.1) is 0 Å². The van der Waals surface area contributed by atoms with E-state index in [9.17, 15) is 4.79 Å². The van der Waals surface area contributed by atoms with Crippen molar-refractivity contribution in [1.29, 1.82) is 0 Å². The molecular weight excluding hydrogens is 352 g/mol. The van der Waals surface area contributed by atoms with Crippen LogP contribution in [0.4, 0.5) is 11.4 Å². The maximum atomic E-state index is 11.6. The minimum atomic E-state index is -0.348. The molecule has 21 heavy (non-hydrogen) atoms. The van der Waals surface area contributed by atoms with Gasteiger partial charge in [-0.05, 0) is 59.6 Å². The molecule has 1 aromatic carbocycles. The summed E-state index contributed by atoms with van der Waals surface area (Å²) in [6.45, 7) is 2.92. The van der Waals surface area contributed by atoms with Crippen LogP contribution >= 0.6 is 27.3 Å². The molecule has 0 bridgehead atoms. The van der Waals surface area contributed by atoms with Gasteiger partial charge in [-0.2, -0.15) is 0 Å². The van der Waals surface area contributed by atoms with E-state index in [4.69, 9.17) is 10.5 Å². The molecule has 2 aromatic rings. The molecule has 0 spiro atoms. The molecular formula is C15H17BrN2O2S. The zero-order chi connectivity index (χ0) is 15.2. The second-order valence-corrected chi connectivity index (χ2v) is 6.95. The Kier molecular flexibility index (Phi) is 5.64. The maximum Gasteiger partial charge on any atom is 0.338 e. The number of nitrogens with two attached hydrogens (primary N) is 1. The Hall–Kier alpha value is -1.53. The minimum absolute atomic E-state index is 0.348. The van der Waals surface area contributed by atoms with Crippen LogP contribution in [0.25, 0.3) is 0 Å². The second kappa shape index (κ2) is 7.47. The Labute approximate surface area is 136 Å². The number of nitrogen functional groups attached to an aromatic ring is 1. The number of halogens is 1. The Morgan fingerprint density at radius 1 is 1.38 bits per heavy atom. The van der Waals surface area contributed by atoms with Crippen LogP contribution < -0.4 is 11.1 Å². The van der Waals surface area contributed by atoms with E-state index < -0.39 is 0 Å². The van der Waals surface area contributed by atoms with E-state index in [1.165, 1.54) is 4.88 Å². The highest BCUT2D eigenvalue weighted by Gasteiger charge is 2.08. The summed E-state index contributed by atoms with van der Waals surface area (Å²) >= 11 is 5.17. The van der Waals surface area contributed by atoms with Gasteiger partial charge in [0.1, 0.15) is 0 Å². The zero-order valence-corrected chi connectivity index (χ0v) is 14.1. The molecule has 0 aliphatic carbocycles. The first-order chi connectivity index (χ1) is 10.1. The van der Waals surface area contributed by atoms with E-state index in [-0.39, 0.29) is 5.97 Å². The highest BCUT2D eigenvalue weighted by atomic mass is 79.9. The number of hydrogen-bond acceptors (Lipinski definition) is 5. The molecule has 112 valence electrons. The molecule has 0 saturated heterocycles. The van der Waals surface area contributed by atoms with Crippen LogP contribution in [0.2, 0.25) is 0 Å². The van der Waals surface area contributed by atoms with Crippen molar-refractivity contribution in [2.45, 2.75) is 13.3 Å². The van der Waals surface area contributed by atoms with Gasteiger partial charge in [-0.3, -0.25) is 0 Å². The summed E-state index contributed by atoms with van der Waals surface area (Å²) in [6, 6.07) is 9.32. The number of thiophene rings is 1. The van der Waals surface area contributed by atoms with Crippen LogP contribution in [0.15, 0.2) is 34.1 Å². The number of carbonyl (C=O) groups is 1. The standard InChI is InChI=1S/C15H17BrN2O2S/c1-2-20-15(19)10-3-5-13(12(17)9-10)18-8-7-11-4-6-14(16)21-11/h3-6,9,18H,2,7-8,17H2,1H3. The summed E-state index contributed by atoms with van der Waals surface area (Å²) in [5.74, 6) is -0.348. The molecule has 0 saturated carbocycles. The molecule has 3 N–H and O–H groups in total. The third-order valence-corrected chi connectivity index (χ3v) is 4.56. The van der Waals surface area contributed by atoms with Crippen molar-refractivity contribution in [3.8, 4) is 0 Å². The fourth-order valence-electron chi connectivity index (χ4n) is 1.87. The van der Waals surface area contributed by atoms with Crippen molar-refractivity contribution in [2.24, 2.45) is 0 Å². The van der Waals surface area contributed by atoms with Gasteiger partial charge in [0.25, 0.3) is 0 Å². The van der Waals surface area contributed by atoms with Gasteiger partial charge >= 0.3 is 5.97 Å². The molecule has 0 atom stereocenters. The normalized spacial score (nSPS) is 10.4. The molecule has 0 amide bonds. The second-order valence-electron chi connectivity index (χ2n) is 4.41. The van der Waals surface area contributed by atoms with E-state index >= 15 is 0 Å². The largest absolute Gasteiger partial charge is 0.462 e. The smallest absolute Gasteiger partial charge is 0.338 e. The van der Waals surface area contributed by atoms with Crippen molar-refractivity contribution >= 4 is 44.6 Å². The summed E-state index contributed by atoms with van der Waals surface area (Å²) < 4.78 is 6.08. The van der Waals surface area contributed by atoms with E-state index in [1.54, 1.807) is 30.4 Å². The number of hydrogen-bond donors (Lipinski definition) is 2. The molecule has 0 unspecified atom stereocenters. The third kappa shape index (κ3) is 4.47. The zero-order valence-electron chi connectivity index (χ0n) is 11.7. The first-order valence-corrected chi connectivity index (χ1v) is 8.26. The number of esters is 1. The van der Waals surface area contributed by atoms with Crippen LogP contribution in [0.1, 0.15) is 22.2 Å². The lowest BCUT2D eigenvalue weighted by atomic mass is 10.1. The SMILES string of the molecule is CCOC(=O)c1ccc(NCCc2ccc(Br)s2)c(N)c1. The van der Waals surface area contributed by atoms with Crippen LogP contribution in [0.5, 0.6) is 0 Å². The highest BCUT2D eigenvalue weighted by molar-refractivity contribution is 9.11. The molecule has 0 radical (unpaired) electrons. The van der Waals surface area contributed by atoms with E-state index in [2.05, 4.69) is 27.3 Å². The predicted molar refractivity (Wildman–Crippen MR) is 91.0 cm³/mol. The van der Waals surface area contributed by atoms with Crippen molar-refractivity contribution in [1.82, 2.24) is 0 Å². The molecule has 1 aromatic heterocycles. The van der Waals surface area contributed by atoms with Crippen molar-refractivity contribution in [3.63, 3.8) is 0 Å². The van der Waals surface area contributed by atoms with Gasteiger partial charge < -0.3 is 15.8 Å². The monoisotopic (exact) mass is 368 g/mol. The average molecular weight is 369 g/mol. The molecule has 2 rings (SSSR count). The highest BCUT2D eigenvalue weighted by Crippen LogP contribution is 2.23. The lowest BCUT2D eigenvalue weighted by Gasteiger charge is -2.10. The quantitative estimate of drug-likeness (QED) is 0.598. The first-order valence-electron chi connectivity index (χ1n) is 6.65. The lowest BCUT2D eigenvalue weighted by molar-refractivity contribution is 0.0526. The van der Waals surface area contributed by atoms with Gasteiger partial charge in [-0.25, -0.2) is 4.79 Å². The Bertz CT molecular complexity index is 628. The average Bonchev–Trinajstić information content (AvgIpc) is 2.86. The fourth-order valence-corrected chi connectivity index (χ4v) is 3.35. The molecule has 6 heteroatoms. The lowest BCUT2D eigenvalue weighted by Crippen LogP contribution is -2.09. The van der Waals surface area contributed by atoms with Crippen LogP contribution in [-0.4, -0.2) is 19.1 Å². The van der Waals surface area contributed by atoms with Gasteiger partial charge in [-0.15, -0.1) is 11.3 Å². The number of ether oxygens (including phenoxy) is 1. The Morgan fingerprint density at radius 3 is 2.81 bits per heavy atom. The molecule has 0 aliphatic heterocycles. The van der Waals surface area contributed by atoms with Crippen molar-refractivity contribution in [2.75, 3.05) is 24.2 Å². The summed E-state index contributed by atoms with van der Waals surface area (Å²) in [4.78, 5) is 12.9. The topological polar surface area (TPSA) is 64.3 Å². The van der Waals surface area contributed by atoms with E-state index in [0.717, 1.165) is 22.4 Å². The van der Waals surface area contributed by atoms with Crippen LogP contribution in [-0.2, 0) is 11.2 Å². The van der Waals surface area contributed by atoms with Crippen molar-refractivity contribution in [3.05, 3.63) is 44.6 Å². The summed E-state index contributed by atoms with van der Waals surface area (Å²) in [5, 5.41) is 3.28. The number of anilines is 2. The van der Waals surface area contributed by atoms with E-state index in [0.29, 0.717) is 17.9 Å². The maximum absolute atomic E-state index is 11.6. The van der Waals surface area contributed by atoms with Gasteiger partial charge in [0.05, 0.1) is 27.3 Å². The number of nitrogens with one attached hydrogen (secondary N) is 1. The molecule has 0 fully saturated rings. The predicted octanol–water partition coefficient (Wildman–Crippen LogP) is 3.92. The fraction of sp³-hybridized carbons (Fsp3) is 0.267. The van der Waals surface area contributed by atoms with Gasteiger partial charge in [0, 0.05) is 11.4 Å². The number of rotatable bonds is 6. The van der Waals surface area contributed by atoms with Gasteiger partial charge in [0.2, 0.25) is 0 Å². The van der Waals surface area contributed by atoms with Crippen molar-refractivity contribution < 1.29 is 9.53 Å². The number of carbonyl (C=O) groups excluding carboxylic acids is 1. The van der Waals surface area contributed by atoms with Gasteiger partial charge in [-0.1, -0.05) is 0 Å². The number of benzene rings is 1. The summed E-state index contributed by atoms with van der Waals surface area (Å²) in [6.07, 6.45) is 0.926. The minimum Gasteiger partial charge on any atom is -0.462 e. The molecule has 0 aliphatic rings. The first kappa shape index (κ1) is 15.9. The third-order valence-electron chi connectivity index (χ3n) is 2.88. The Morgan fingerprint density at radius 2 is 2.19 bits per heavy atom. The summed E-state index contributed by atoms with van der Waals surface area (Å²) in [7, 11) is 0. The van der Waals surface area contributed by atoms with Crippen LogP contribution in [0.3, 0.4) is 0 Å². The Balaban J connectivity index is 1.93. The molecule has 4 nitrogen and oxygen atoms in total. The van der Waals surface area contributed by atoms with Gasteiger partial charge in [0.15, 0.2) is 0 Å². The summed E-state index contributed by atoms with van der Waals surface area (Å²) in [5.41, 5.74) is 7.82. The molecule has 1 heterocycles. The van der Waals surface area contributed by atoms with E-state index in [1.807, 2.05) is 12.1 Å².